The van der Waals surface area contributed by atoms with E-state index in [0.717, 1.165) is 11.3 Å². The molecule has 22 heavy (non-hydrogen) atoms. The smallest absolute Gasteiger partial charge is 0.0866 e. The zero-order valence-corrected chi connectivity index (χ0v) is 13.8. The maximum atomic E-state index is 4.58. The second kappa shape index (κ2) is 7.60. The molecular formula is C20H24N2. The summed E-state index contributed by atoms with van der Waals surface area (Å²) in [6, 6.07) is 17.1. The summed E-state index contributed by atoms with van der Waals surface area (Å²) in [7, 11) is 0. The highest BCUT2D eigenvalue weighted by molar-refractivity contribution is 5.80. The number of hydrogen-bond donors (Lipinski definition) is 1. The minimum Gasteiger partial charge on any atom is -0.377 e. The van der Waals surface area contributed by atoms with Crippen LogP contribution in [0.1, 0.15) is 42.1 Å². The minimum absolute atomic E-state index is 0.157. The predicted octanol–water partition coefficient (Wildman–Crippen LogP) is 5.04. The molecule has 1 atom stereocenters. The first-order valence-corrected chi connectivity index (χ1v) is 7.86. The van der Waals surface area contributed by atoms with Crippen LogP contribution in [0.5, 0.6) is 0 Å². The van der Waals surface area contributed by atoms with Crippen molar-refractivity contribution in [2.75, 3.05) is 0 Å². The molecule has 0 radical (unpaired) electrons. The summed E-state index contributed by atoms with van der Waals surface area (Å²) in [5.41, 5.74) is 5.89. The van der Waals surface area contributed by atoms with Gasteiger partial charge in [0.05, 0.1) is 11.7 Å². The molecule has 2 heteroatoms. The summed E-state index contributed by atoms with van der Waals surface area (Å²) in [5, 5.41) is 3.41. The van der Waals surface area contributed by atoms with Crippen LogP contribution in [0.2, 0.25) is 0 Å². The fourth-order valence-electron chi connectivity index (χ4n) is 2.24. The first-order valence-electron chi connectivity index (χ1n) is 7.86. The molecule has 114 valence electrons. The molecule has 2 aromatic carbocycles. The van der Waals surface area contributed by atoms with Crippen LogP contribution < -0.4 is 5.32 Å². The molecule has 1 heterocycles. The standard InChI is InChI=1S/C18H18N2.C2H6/c1-13-3-7-15(8-4-13)17-11-20-18(12-19-17)16-9-5-14(2)6-10-16;1-2/h3-12,17,19H,1-2H3;1-2H3. The number of rotatable bonds is 2. The second-order valence-electron chi connectivity index (χ2n) is 5.23. The molecule has 2 aromatic rings. The minimum atomic E-state index is 0.157. The summed E-state index contributed by atoms with van der Waals surface area (Å²) in [6.07, 6.45) is 3.97. The van der Waals surface area contributed by atoms with Crippen LogP contribution in [0.15, 0.2) is 59.7 Å². The summed E-state index contributed by atoms with van der Waals surface area (Å²) in [4.78, 5) is 4.58. The van der Waals surface area contributed by atoms with Crippen molar-refractivity contribution >= 4 is 11.9 Å². The number of aryl methyl sites for hydroxylation is 2. The van der Waals surface area contributed by atoms with Crippen molar-refractivity contribution in [3.05, 3.63) is 77.0 Å². The zero-order chi connectivity index (χ0) is 15.9. The van der Waals surface area contributed by atoms with E-state index in [1.807, 2.05) is 26.3 Å². The van der Waals surface area contributed by atoms with Gasteiger partial charge in [0.15, 0.2) is 0 Å². The van der Waals surface area contributed by atoms with Gasteiger partial charge in [0.2, 0.25) is 0 Å². The van der Waals surface area contributed by atoms with Crippen molar-refractivity contribution in [3.8, 4) is 0 Å². The Morgan fingerprint density at radius 1 is 0.818 bits per heavy atom. The van der Waals surface area contributed by atoms with Crippen LogP contribution >= 0.6 is 0 Å². The molecule has 0 saturated carbocycles. The molecule has 0 bridgehead atoms. The number of nitrogens with one attached hydrogen (secondary N) is 1. The van der Waals surface area contributed by atoms with Gasteiger partial charge < -0.3 is 5.32 Å². The largest absolute Gasteiger partial charge is 0.377 e. The van der Waals surface area contributed by atoms with Crippen LogP contribution in [0.4, 0.5) is 0 Å². The van der Waals surface area contributed by atoms with Gasteiger partial charge in [-0.15, -0.1) is 0 Å². The van der Waals surface area contributed by atoms with Gasteiger partial charge in [-0.25, -0.2) is 0 Å². The van der Waals surface area contributed by atoms with E-state index in [2.05, 4.69) is 72.7 Å². The lowest BCUT2D eigenvalue weighted by Gasteiger charge is -2.18. The molecule has 0 aromatic heterocycles. The molecular weight excluding hydrogens is 268 g/mol. The molecule has 1 aliphatic rings. The van der Waals surface area contributed by atoms with E-state index in [4.69, 9.17) is 0 Å². The highest BCUT2D eigenvalue weighted by Crippen LogP contribution is 2.22. The normalized spacial score (nSPS) is 16.2. The molecule has 0 fully saturated rings. The summed E-state index contributed by atoms with van der Waals surface area (Å²) in [6.45, 7) is 8.19. The summed E-state index contributed by atoms with van der Waals surface area (Å²) >= 11 is 0. The third-order valence-electron chi connectivity index (χ3n) is 3.55. The van der Waals surface area contributed by atoms with Crippen LogP contribution in [-0.2, 0) is 0 Å². The van der Waals surface area contributed by atoms with Gasteiger partial charge in [-0.1, -0.05) is 73.5 Å². The van der Waals surface area contributed by atoms with E-state index >= 15 is 0 Å². The molecule has 1 aliphatic heterocycles. The van der Waals surface area contributed by atoms with E-state index in [-0.39, 0.29) is 6.04 Å². The van der Waals surface area contributed by atoms with E-state index < -0.39 is 0 Å². The monoisotopic (exact) mass is 292 g/mol. The quantitative estimate of drug-likeness (QED) is 0.823. The molecule has 1 unspecified atom stereocenters. The fourth-order valence-corrected chi connectivity index (χ4v) is 2.24. The SMILES string of the molecule is CC.Cc1ccc(C2=CNC(c3ccc(C)cc3)C=N2)cc1. The second-order valence-corrected chi connectivity index (χ2v) is 5.23. The van der Waals surface area contributed by atoms with Gasteiger partial charge in [0, 0.05) is 18.0 Å². The van der Waals surface area contributed by atoms with Crippen LogP contribution in [0.25, 0.3) is 5.70 Å². The third-order valence-corrected chi connectivity index (χ3v) is 3.55. The topological polar surface area (TPSA) is 24.4 Å². The third kappa shape index (κ3) is 3.85. The van der Waals surface area contributed by atoms with E-state index in [1.54, 1.807) is 0 Å². The number of nitrogens with zero attached hydrogens (tertiary/aromatic N) is 1. The highest BCUT2D eigenvalue weighted by Gasteiger charge is 2.12. The molecule has 3 rings (SSSR count). The van der Waals surface area contributed by atoms with Crippen molar-refractivity contribution in [1.29, 1.82) is 0 Å². The van der Waals surface area contributed by atoms with Gasteiger partial charge in [-0.05, 0) is 19.4 Å². The number of hydrogen-bond acceptors (Lipinski definition) is 2. The van der Waals surface area contributed by atoms with Gasteiger partial charge in [0.25, 0.3) is 0 Å². The Morgan fingerprint density at radius 2 is 1.36 bits per heavy atom. The molecule has 0 aliphatic carbocycles. The van der Waals surface area contributed by atoms with Crippen LogP contribution in [0, 0.1) is 13.8 Å². The van der Waals surface area contributed by atoms with Crippen molar-refractivity contribution < 1.29 is 0 Å². The molecule has 2 nitrogen and oxygen atoms in total. The van der Waals surface area contributed by atoms with Crippen molar-refractivity contribution in [1.82, 2.24) is 5.32 Å². The molecule has 0 amide bonds. The fraction of sp³-hybridized carbons (Fsp3) is 0.250. The maximum absolute atomic E-state index is 4.58. The van der Waals surface area contributed by atoms with Crippen LogP contribution in [-0.4, -0.2) is 6.21 Å². The number of aliphatic imine (C=N–C) groups is 1. The summed E-state index contributed by atoms with van der Waals surface area (Å²) < 4.78 is 0. The van der Waals surface area contributed by atoms with Crippen molar-refractivity contribution in [3.63, 3.8) is 0 Å². The first kappa shape index (κ1) is 16.0. The Balaban J connectivity index is 0.000000847. The van der Waals surface area contributed by atoms with Crippen molar-refractivity contribution in [2.45, 2.75) is 33.7 Å². The summed E-state index contributed by atoms with van der Waals surface area (Å²) in [5.74, 6) is 0. The van der Waals surface area contributed by atoms with Gasteiger partial charge in [0.1, 0.15) is 0 Å². The molecule has 0 saturated heterocycles. The Bertz CT molecular complexity index is 649. The van der Waals surface area contributed by atoms with E-state index in [0.29, 0.717) is 0 Å². The van der Waals surface area contributed by atoms with Gasteiger partial charge in [-0.2, -0.15) is 0 Å². The Kier molecular flexibility index (Phi) is 5.54. The molecule has 1 N–H and O–H groups in total. The lowest BCUT2D eigenvalue weighted by atomic mass is 10.0. The highest BCUT2D eigenvalue weighted by atomic mass is 15.0. The van der Waals surface area contributed by atoms with Gasteiger partial charge >= 0.3 is 0 Å². The molecule has 0 spiro atoms. The average molecular weight is 292 g/mol. The average Bonchev–Trinajstić information content (AvgIpc) is 2.58. The van der Waals surface area contributed by atoms with E-state index in [1.165, 1.54) is 16.7 Å². The van der Waals surface area contributed by atoms with E-state index in [9.17, 15) is 0 Å². The Labute approximate surface area is 133 Å². The van der Waals surface area contributed by atoms with Crippen molar-refractivity contribution in [2.24, 2.45) is 4.99 Å². The van der Waals surface area contributed by atoms with Crippen LogP contribution in [0.3, 0.4) is 0 Å². The van der Waals surface area contributed by atoms with Gasteiger partial charge in [-0.3, -0.25) is 4.99 Å². The zero-order valence-electron chi connectivity index (χ0n) is 13.8. The maximum Gasteiger partial charge on any atom is 0.0866 e. The lowest BCUT2D eigenvalue weighted by molar-refractivity contribution is 0.797. The Hall–Kier alpha value is -2.35. The number of benzene rings is 2. The lowest BCUT2D eigenvalue weighted by Crippen LogP contribution is -2.20. The predicted molar refractivity (Wildman–Crippen MR) is 96.1 cm³/mol. The Morgan fingerprint density at radius 3 is 1.86 bits per heavy atom. The first-order chi connectivity index (χ1) is 10.7.